The number of pyridine rings is 1. The first-order valence-corrected chi connectivity index (χ1v) is 8.21. The number of hydrogen-bond donors (Lipinski definition) is 1. The fourth-order valence-corrected chi connectivity index (χ4v) is 3.41. The molecule has 7 nitrogen and oxygen atoms in total. The number of nitrogens with one attached hydrogen (secondary N) is 1. The summed E-state index contributed by atoms with van der Waals surface area (Å²) in [5.74, 6) is 0. The third-order valence-electron chi connectivity index (χ3n) is 2.41. The van der Waals surface area contributed by atoms with Gasteiger partial charge in [-0.05, 0) is 12.1 Å². The Morgan fingerprint density at radius 1 is 1.45 bits per heavy atom. The lowest BCUT2D eigenvalue weighted by atomic mass is 10.3. The molecule has 0 fully saturated rings. The first-order chi connectivity index (χ1) is 9.38. The number of thiophene rings is 1. The van der Waals surface area contributed by atoms with Crippen LogP contribution < -0.4 is 5.32 Å². The molecular formula is C11H11N3O4S2. The van der Waals surface area contributed by atoms with Gasteiger partial charge in [-0.3, -0.25) is 15.1 Å². The number of hydrogen-bond acceptors (Lipinski definition) is 7. The van der Waals surface area contributed by atoms with E-state index < -0.39 is 14.8 Å². The molecule has 2 rings (SSSR count). The van der Waals surface area contributed by atoms with E-state index in [4.69, 9.17) is 0 Å². The largest absolute Gasteiger partial charge is 0.366 e. The van der Waals surface area contributed by atoms with Gasteiger partial charge in [0.05, 0.1) is 17.2 Å². The molecule has 0 atom stereocenters. The molecule has 0 aromatic carbocycles. The van der Waals surface area contributed by atoms with Crippen molar-refractivity contribution in [3.63, 3.8) is 0 Å². The summed E-state index contributed by atoms with van der Waals surface area (Å²) in [6, 6.07) is 6.40. The Morgan fingerprint density at radius 3 is 2.75 bits per heavy atom. The summed E-state index contributed by atoms with van der Waals surface area (Å²) in [5, 5.41) is 14.0. The maximum Gasteiger partial charge on any atom is 0.304 e. The summed E-state index contributed by atoms with van der Waals surface area (Å²) >= 11 is 0.846. The minimum absolute atomic E-state index is 0.0345. The van der Waals surface area contributed by atoms with Crippen molar-refractivity contribution in [1.29, 1.82) is 0 Å². The number of aromatic nitrogens is 1. The van der Waals surface area contributed by atoms with Crippen molar-refractivity contribution in [1.82, 2.24) is 4.98 Å². The molecule has 0 saturated heterocycles. The molecule has 20 heavy (non-hydrogen) atoms. The van der Waals surface area contributed by atoms with Crippen molar-refractivity contribution < 1.29 is 13.3 Å². The fraction of sp³-hybridized carbons (Fsp3) is 0.182. The van der Waals surface area contributed by atoms with E-state index >= 15 is 0 Å². The van der Waals surface area contributed by atoms with Gasteiger partial charge in [0.1, 0.15) is 4.21 Å². The van der Waals surface area contributed by atoms with Gasteiger partial charge < -0.3 is 5.32 Å². The fourth-order valence-electron chi connectivity index (χ4n) is 1.48. The molecule has 0 aliphatic carbocycles. The number of nitro groups is 1. The van der Waals surface area contributed by atoms with Crippen molar-refractivity contribution in [2.24, 2.45) is 0 Å². The molecule has 2 aromatic rings. The predicted molar refractivity (Wildman–Crippen MR) is 75.6 cm³/mol. The van der Waals surface area contributed by atoms with E-state index in [1.54, 1.807) is 24.4 Å². The Hall–Kier alpha value is -2.00. The molecule has 0 spiro atoms. The quantitative estimate of drug-likeness (QED) is 0.669. The van der Waals surface area contributed by atoms with Crippen LogP contribution >= 0.6 is 11.3 Å². The van der Waals surface area contributed by atoms with Crippen LogP contribution in [0.4, 0.5) is 10.7 Å². The van der Waals surface area contributed by atoms with E-state index in [-0.39, 0.29) is 21.4 Å². The van der Waals surface area contributed by atoms with Gasteiger partial charge in [0.2, 0.25) is 0 Å². The zero-order valence-electron chi connectivity index (χ0n) is 10.4. The smallest absolute Gasteiger partial charge is 0.304 e. The molecule has 2 aromatic heterocycles. The van der Waals surface area contributed by atoms with E-state index in [0.717, 1.165) is 23.7 Å². The number of anilines is 1. The van der Waals surface area contributed by atoms with Crippen LogP contribution in [0, 0.1) is 10.1 Å². The highest BCUT2D eigenvalue weighted by atomic mass is 32.2. The van der Waals surface area contributed by atoms with Crippen molar-refractivity contribution in [2.75, 3.05) is 11.6 Å². The van der Waals surface area contributed by atoms with E-state index in [1.807, 2.05) is 0 Å². The van der Waals surface area contributed by atoms with Crippen molar-refractivity contribution in [3.8, 4) is 0 Å². The minimum atomic E-state index is -3.46. The third-order valence-corrected chi connectivity index (χ3v) is 5.29. The summed E-state index contributed by atoms with van der Waals surface area (Å²) < 4.78 is 22.9. The Kier molecular flexibility index (Phi) is 4.00. The maximum atomic E-state index is 11.4. The topological polar surface area (TPSA) is 102 Å². The van der Waals surface area contributed by atoms with E-state index in [9.17, 15) is 18.5 Å². The van der Waals surface area contributed by atoms with Crippen LogP contribution in [0.1, 0.15) is 5.69 Å². The monoisotopic (exact) mass is 313 g/mol. The standard InChI is InChI=1S/C11H11N3O4S2/c1-20(17,18)10-6-9(14(15)16)11(19-10)13-7-8-4-2-3-5-12-8/h2-6,13H,7H2,1H3. The molecule has 0 bridgehead atoms. The Bertz CT molecular complexity index is 725. The molecular weight excluding hydrogens is 302 g/mol. The molecule has 0 saturated carbocycles. The zero-order valence-corrected chi connectivity index (χ0v) is 12.1. The van der Waals surface area contributed by atoms with Gasteiger partial charge in [0, 0.05) is 18.5 Å². The lowest BCUT2D eigenvalue weighted by molar-refractivity contribution is -0.383. The van der Waals surface area contributed by atoms with Gasteiger partial charge in [-0.25, -0.2) is 8.42 Å². The molecule has 0 aliphatic heterocycles. The van der Waals surface area contributed by atoms with Crippen LogP contribution in [0.2, 0.25) is 0 Å². The summed E-state index contributed by atoms with van der Waals surface area (Å²) in [5.41, 5.74) is 0.461. The molecule has 1 N–H and O–H groups in total. The van der Waals surface area contributed by atoms with Crippen LogP contribution in [0.25, 0.3) is 0 Å². The Morgan fingerprint density at radius 2 is 2.20 bits per heavy atom. The maximum absolute atomic E-state index is 11.4. The number of nitrogens with zero attached hydrogens (tertiary/aromatic N) is 2. The molecule has 0 radical (unpaired) electrons. The Balaban J connectivity index is 2.27. The van der Waals surface area contributed by atoms with Crippen molar-refractivity contribution in [3.05, 3.63) is 46.3 Å². The van der Waals surface area contributed by atoms with Crippen LogP contribution in [-0.4, -0.2) is 24.6 Å². The second-order valence-corrected chi connectivity index (χ2v) is 7.28. The molecule has 0 unspecified atom stereocenters. The number of sulfone groups is 1. The zero-order chi connectivity index (χ0) is 14.8. The molecule has 106 valence electrons. The van der Waals surface area contributed by atoms with E-state index in [1.165, 1.54) is 0 Å². The highest BCUT2D eigenvalue weighted by Crippen LogP contribution is 2.37. The van der Waals surface area contributed by atoms with Gasteiger partial charge in [0.25, 0.3) is 0 Å². The van der Waals surface area contributed by atoms with Crippen LogP contribution in [0.15, 0.2) is 34.7 Å². The van der Waals surface area contributed by atoms with Crippen LogP contribution in [0.5, 0.6) is 0 Å². The SMILES string of the molecule is CS(=O)(=O)c1cc([N+](=O)[O-])c(NCc2ccccn2)s1. The summed E-state index contributed by atoms with van der Waals surface area (Å²) in [6.45, 7) is 0.283. The van der Waals surface area contributed by atoms with E-state index in [2.05, 4.69) is 10.3 Å². The van der Waals surface area contributed by atoms with Gasteiger partial charge >= 0.3 is 5.69 Å². The summed E-state index contributed by atoms with van der Waals surface area (Å²) in [6.07, 6.45) is 2.63. The third kappa shape index (κ3) is 3.31. The van der Waals surface area contributed by atoms with Gasteiger partial charge in [-0.15, -0.1) is 0 Å². The normalized spacial score (nSPS) is 11.2. The van der Waals surface area contributed by atoms with Gasteiger partial charge in [-0.1, -0.05) is 17.4 Å². The predicted octanol–water partition coefficient (Wildman–Crippen LogP) is 2.07. The van der Waals surface area contributed by atoms with Crippen molar-refractivity contribution >= 4 is 31.9 Å². The molecule has 0 amide bonds. The van der Waals surface area contributed by atoms with Crippen LogP contribution in [0.3, 0.4) is 0 Å². The van der Waals surface area contributed by atoms with Crippen molar-refractivity contribution in [2.45, 2.75) is 10.8 Å². The molecule has 0 aliphatic rings. The summed E-state index contributed by atoms with van der Waals surface area (Å²) in [7, 11) is -3.46. The second-order valence-electron chi connectivity index (χ2n) is 3.98. The first-order valence-electron chi connectivity index (χ1n) is 5.50. The highest BCUT2D eigenvalue weighted by Gasteiger charge is 2.23. The average Bonchev–Trinajstić information content (AvgIpc) is 2.82. The Labute approximate surface area is 119 Å². The summed E-state index contributed by atoms with van der Waals surface area (Å²) in [4.78, 5) is 14.4. The second kappa shape index (κ2) is 5.55. The number of rotatable bonds is 5. The molecule has 2 heterocycles. The van der Waals surface area contributed by atoms with Gasteiger partial charge in [0.15, 0.2) is 14.8 Å². The lowest BCUT2D eigenvalue weighted by Gasteiger charge is -2.02. The molecule has 9 heteroatoms. The van der Waals surface area contributed by atoms with E-state index in [0.29, 0.717) is 5.69 Å². The minimum Gasteiger partial charge on any atom is -0.366 e. The van der Waals surface area contributed by atoms with Crippen LogP contribution in [-0.2, 0) is 16.4 Å². The first kappa shape index (κ1) is 14.4. The average molecular weight is 313 g/mol. The highest BCUT2D eigenvalue weighted by molar-refractivity contribution is 7.92. The lowest BCUT2D eigenvalue weighted by Crippen LogP contribution is -2.01. The van der Waals surface area contributed by atoms with Gasteiger partial charge in [-0.2, -0.15) is 0 Å².